The lowest BCUT2D eigenvalue weighted by Gasteiger charge is -2.13. The molecular formula is C44H54N4O4. The van der Waals surface area contributed by atoms with Crippen molar-refractivity contribution >= 4 is 0 Å². The number of nitrogens with one attached hydrogen (secondary N) is 2. The van der Waals surface area contributed by atoms with Crippen molar-refractivity contribution in [1.29, 1.82) is 0 Å². The lowest BCUT2D eigenvalue weighted by molar-refractivity contribution is 0.319. The minimum atomic E-state index is 0. The van der Waals surface area contributed by atoms with E-state index in [1.807, 2.05) is 98.8 Å². The molecule has 8 heteroatoms. The van der Waals surface area contributed by atoms with Crippen LogP contribution in [-0.4, -0.2) is 36.3 Å². The minimum absolute atomic E-state index is 0. The van der Waals surface area contributed by atoms with Crippen LogP contribution >= 0.6 is 0 Å². The number of hydrogen-bond donors (Lipinski definition) is 2. The van der Waals surface area contributed by atoms with E-state index in [4.69, 9.17) is 18.3 Å². The number of aromatic nitrogens is 2. The zero-order valence-corrected chi connectivity index (χ0v) is 30.4. The maximum absolute atomic E-state index is 5.87. The first-order valence-electron chi connectivity index (χ1n) is 17.9. The maximum Gasteiger partial charge on any atom is 0.226 e. The first kappa shape index (κ1) is 39.6. The zero-order chi connectivity index (χ0) is 35.8. The summed E-state index contributed by atoms with van der Waals surface area (Å²) in [5, 5.41) is 6.72. The third kappa shape index (κ3) is 11.7. The van der Waals surface area contributed by atoms with Gasteiger partial charge in [-0.1, -0.05) is 81.9 Å². The molecule has 1 unspecified atom stereocenters. The SMILES string of the molecule is C.CCNC(C)c1ccc(OCCc2nc(-c3ccccc3)oc2C)cc1.CCNCc1ccc(OCCc2nc(-c3ccccc3)oc2C)cc1. The lowest BCUT2D eigenvalue weighted by Crippen LogP contribution is -2.17. The Bertz CT molecular complexity index is 1870. The smallest absolute Gasteiger partial charge is 0.226 e. The Morgan fingerprint density at radius 2 is 1.08 bits per heavy atom. The summed E-state index contributed by atoms with van der Waals surface area (Å²) in [4.78, 5) is 9.22. The highest BCUT2D eigenvalue weighted by Gasteiger charge is 2.13. The molecule has 2 heterocycles. The Morgan fingerprint density at radius 3 is 1.52 bits per heavy atom. The molecule has 0 fully saturated rings. The summed E-state index contributed by atoms with van der Waals surface area (Å²) < 4.78 is 23.3. The summed E-state index contributed by atoms with van der Waals surface area (Å²) in [6.07, 6.45) is 1.44. The van der Waals surface area contributed by atoms with Gasteiger partial charge in [-0.2, -0.15) is 0 Å². The summed E-state index contributed by atoms with van der Waals surface area (Å²) in [5.41, 5.74) is 6.40. The fraction of sp³-hybridized carbons (Fsp3) is 0.318. The van der Waals surface area contributed by atoms with Gasteiger partial charge in [0.1, 0.15) is 23.0 Å². The Labute approximate surface area is 309 Å². The summed E-state index contributed by atoms with van der Waals surface area (Å²) >= 11 is 0. The number of rotatable bonds is 16. The van der Waals surface area contributed by atoms with Crippen molar-refractivity contribution in [3.8, 4) is 34.4 Å². The summed E-state index contributed by atoms with van der Waals surface area (Å²) in [5.74, 6) is 4.79. The van der Waals surface area contributed by atoms with Crippen molar-refractivity contribution in [1.82, 2.24) is 20.6 Å². The number of oxazole rings is 2. The van der Waals surface area contributed by atoms with Crippen LogP contribution in [0.4, 0.5) is 0 Å². The van der Waals surface area contributed by atoms with Gasteiger partial charge in [0, 0.05) is 36.6 Å². The summed E-state index contributed by atoms with van der Waals surface area (Å²) in [6.45, 7) is 14.2. The molecule has 0 spiro atoms. The molecule has 0 amide bonds. The molecule has 8 nitrogen and oxygen atoms in total. The highest BCUT2D eigenvalue weighted by molar-refractivity contribution is 5.54. The second-order valence-corrected chi connectivity index (χ2v) is 12.2. The number of aryl methyl sites for hydroxylation is 2. The molecule has 2 N–H and O–H groups in total. The highest BCUT2D eigenvalue weighted by Crippen LogP contribution is 2.24. The molecule has 0 radical (unpaired) electrons. The van der Waals surface area contributed by atoms with E-state index >= 15 is 0 Å². The molecule has 52 heavy (non-hydrogen) atoms. The lowest BCUT2D eigenvalue weighted by atomic mass is 10.1. The molecule has 0 bridgehead atoms. The van der Waals surface area contributed by atoms with Gasteiger partial charge in [-0.15, -0.1) is 0 Å². The predicted octanol–water partition coefficient (Wildman–Crippen LogP) is 9.96. The molecule has 0 aliphatic rings. The second kappa shape index (κ2) is 20.6. The minimum Gasteiger partial charge on any atom is -0.493 e. The van der Waals surface area contributed by atoms with E-state index in [0.717, 1.165) is 78.0 Å². The van der Waals surface area contributed by atoms with Crippen LogP contribution in [0.1, 0.15) is 68.3 Å². The van der Waals surface area contributed by atoms with Gasteiger partial charge in [0.15, 0.2) is 0 Å². The second-order valence-electron chi connectivity index (χ2n) is 12.2. The Morgan fingerprint density at radius 1 is 0.615 bits per heavy atom. The molecular weight excluding hydrogens is 649 g/mol. The third-order valence-corrected chi connectivity index (χ3v) is 8.43. The van der Waals surface area contributed by atoms with Crippen molar-refractivity contribution < 1.29 is 18.3 Å². The van der Waals surface area contributed by atoms with Crippen LogP contribution in [0.3, 0.4) is 0 Å². The third-order valence-electron chi connectivity index (χ3n) is 8.43. The quantitative estimate of drug-likeness (QED) is 0.103. The van der Waals surface area contributed by atoms with Crippen LogP contribution in [-0.2, 0) is 19.4 Å². The number of benzene rings is 4. The predicted molar refractivity (Wildman–Crippen MR) is 211 cm³/mol. The normalized spacial score (nSPS) is 11.2. The Kier molecular flexibility index (Phi) is 15.7. The molecule has 0 saturated carbocycles. The van der Waals surface area contributed by atoms with Crippen molar-refractivity contribution in [3.63, 3.8) is 0 Å². The van der Waals surface area contributed by atoms with Crippen molar-refractivity contribution in [2.24, 2.45) is 0 Å². The Hall–Kier alpha value is -5.18. The van der Waals surface area contributed by atoms with Crippen LogP contribution in [0.2, 0.25) is 0 Å². The first-order valence-corrected chi connectivity index (χ1v) is 17.9. The standard InChI is InChI=1S/C22H26N2O2.C21H24N2O2.CH4/c1-4-23-16(2)18-10-12-20(13-11-18)25-15-14-21-17(3)26-22(24-21)19-8-6-5-7-9-19;1-3-22-15-17-9-11-19(12-10-17)24-14-13-20-16(2)25-21(23-20)18-7-5-4-6-8-18;/h5-13,16,23H,4,14-15H2,1-3H3;4-12,22H,3,13-15H2,1-2H3;1H4. The van der Waals surface area contributed by atoms with Gasteiger partial charge in [0.05, 0.1) is 24.6 Å². The van der Waals surface area contributed by atoms with Gasteiger partial charge in [0.25, 0.3) is 0 Å². The Balaban J connectivity index is 0.000000228. The number of nitrogens with zero attached hydrogens (tertiary/aromatic N) is 2. The highest BCUT2D eigenvalue weighted by atomic mass is 16.5. The monoisotopic (exact) mass is 702 g/mol. The molecule has 6 aromatic rings. The van der Waals surface area contributed by atoms with Gasteiger partial charge in [-0.3, -0.25) is 0 Å². The van der Waals surface area contributed by atoms with Crippen LogP contribution in [0.25, 0.3) is 22.9 Å². The maximum atomic E-state index is 5.87. The van der Waals surface area contributed by atoms with Crippen molar-refractivity contribution in [2.45, 2.75) is 67.5 Å². The van der Waals surface area contributed by atoms with E-state index in [0.29, 0.717) is 31.0 Å². The summed E-state index contributed by atoms with van der Waals surface area (Å²) in [6, 6.07) is 36.7. The van der Waals surface area contributed by atoms with Gasteiger partial charge in [0.2, 0.25) is 11.8 Å². The summed E-state index contributed by atoms with van der Waals surface area (Å²) in [7, 11) is 0. The average Bonchev–Trinajstić information content (AvgIpc) is 3.73. The van der Waals surface area contributed by atoms with E-state index in [1.165, 1.54) is 11.1 Å². The average molecular weight is 703 g/mol. The van der Waals surface area contributed by atoms with E-state index in [9.17, 15) is 0 Å². The van der Waals surface area contributed by atoms with Crippen LogP contribution in [0.5, 0.6) is 11.5 Å². The fourth-order valence-electron chi connectivity index (χ4n) is 5.51. The molecule has 0 saturated heterocycles. The topological polar surface area (TPSA) is 94.6 Å². The van der Waals surface area contributed by atoms with Crippen LogP contribution in [0.15, 0.2) is 118 Å². The van der Waals surface area contributed by atoms with Gasteiger partial charge < -0.3 is 28.9 Å². The van der Waals surface area contributed by atoms with Crippen molar-refractivity contribution in [3.05, 3.63) is 143 Å². The molecule has 6 rings (SSSR count). The molecule has 4 aromatic carbocycles. The fourth-order valence-corrected chi connectivity index (χ4v) is 5.51. The van der Waals surface area contributed by atoms with E-state index < -0.39 is 0 Å². The molecule has 0 aliphatic heterocycles. The molecule has 1 atom stereocenters. The van der Waals surface area contributed by atoms with Gasteiger partial charge in [-0.05, 0) is 93.5 Å². The largest absolute Gasteiger partial charge is 0.493 e. The van der Waals surface area contributed by atoms with E-state index in [1.54, 1.807) is 0 Å². The molecule has 2 aromatic heterocycles. The van der Waals surface area contributed by atoms with Crippen molar-refractivity contribution in [2.75, 3.05) is 26.3 Å². The first-order chi connectivity index (χ1) is 24.9. The molecule has 274 valence electrons. The van der Waals surface area contributed by atoms with E-state index in [2.05, 4.69) is 65.6 Å². The van der Waals surface area contributed by atoms with Crippen LogP contribution in [0, 0.1) is 13.8 Å². The molecule has 0 aliphatic carbocycles. The number of hydrogen-bond acceptors (Lipinski definition) is 8. The van der Waals surface area contributed by atoms with Gasteiger partial charge in [-0.25, -0.2) is 9.97 Å². The zero-order valence-electron chi connectivity index (χ0n) is 30.4. The van der Waals surface area contributed by atoms with Gasteiger partial charge >= 0.3 is 0 Å². The van der Waals surface area contributed by atoms with Crippen LogP contribution < -0.4 is 20.1 Å². The number of ether oxygens (including phenoxy) is 2. The van der Waals surface area contributed by atoms with E-state index in [-0.39, 0.29) is 7.43 Å².